The highest BCUT2D eigenvalue weighted by Gasteiger charge is 2.31. The summed E-state index contributed by atoms with van der Waals surface area (Å²) in [5, 5.41) is 0. The largest absolute Gasteiger partial charge is 0.289 e. The molecule has 153 valence electrons. The normalized spacial score (nSPS) is 14.1. The number of fused-ring (bicyclic) bond motifs is 4. The number of rotatable bonds is 2. The zero-order chi connectivity index (χ0) is 21.7. The summed E-state index contributed by atoms with van der Waals surface area (Å²) in [6.07, 6.45) is 4.91. The van der Waals surface area contributed by atoms with Crippen molar-refractivity contribution in [3.05, 3.63) is 147 Å². The van der Waals surface area contributed by atoms with Gasteiger partial charge in [-0.05, 0) is 52.6 Å². The van der Waals surface area contributed by atoms with E-state index in [9.17, 15) is 9.59 Å². The third kappa shape index (κ3) is 3.03. The summed E-state index contributed by atoms with van der Waals surface area (Å²) in [7, 11) is 0. The molecule has 6 rings (SSSR count). The molecule has 0 heterocycles. The van der Waals surface area contributed by atoms with Crippen molar-refractivity contribution < 1.29 is 9.59 Å². The van der Waals surface area contributed by atoms with Crippen molar-refractivity contribution in [2.45, 2.75) is 19.3 Å². The van der Waals surface area contributed by atoms with Gasteiger partial charge in [-0.3, -0.25) is 9.59 Å². The SMILES string of the molecule is O=C1c2ccccc2C(=O)c2c(Cc3ccc4c(c3)CCc3ccccc3[CH]4)cccc21. The van der Waals surface area contributed by atoms with Gasteiger partial charge in [-0.2, -0.15) is 0 Å². The molecule has 0 N–H and O–H groups in total. The lowest BCUT2D eigenvalue weighted by atomic mass is 9.80. The fourth-order valence-corrected chi connectivity index (χ4v) is 5.05. The fraction of sp³-hybridized carbons (Fsp3) is 0.100. The minimum absolute atomic E-state index is 0.0515. The molecule has 4 aromatic rings. The molecule has 0 saturated carbocycles. The first-order valence-corrected chi connectivity index (χ1v) is 11.0. The van der Waals surface area contributed by atoms with E-state index < -0.39 is 0 Å². The van der Waals surface area contributed by atoms with Crippen LogP contribution in [0.25, 0.3) is 0 Å². The van der Waals surface area contributed by atoms with Crippen LogP contribution in [0.1, 0.15) is 65.2 Å². The predicted molar refractivity (Wildman–Crippen MR) is 125 cm³/mol. The van der Waals surface area contributed by atoms with Crippen molar-refractivity contribution in [1.82, 2.24) is 0 Å². The van der Waals surface area contributed by atoms with Gasteiger partial charge in [0.1, 0.15) is 0 Å². The molecule has 0 amide bonds. The Morgan fingerprint density at radius 2 is 1.28 bits per heavy atom. The van der Waals surface area contributed by atoms with E-state index in [-0.39, 0.29) is 11.6 Å². The van der Waals surface area contributed by atoms with E-state index in [1.807, 2.05) is 24.3 Å². The Kier molecular flexibility index (Phi) is 4.39. The molecule has 0 saturated heterocycles. The molecule has 0 bridgehead atoms. The lowest BCUT2D eigenvalue weighted by molar-refractivity contribution is 0.0978. The van der Waals surface area contributed by atoms with Crippen LogP contribution in [-0.2, 0) is 19.3 Å². The molecule has 32 heavy (non-hydrogen) atoms. The smallest absolute Gasteiger partial charge is 0.194 e. The number of ketones is 2. The highest BCUT2D eigenvalue weighted by Crippen LogP contribution is 2.32. The van der Waals surface area contributed by atoms with Gasteiger partial charge in [-0.25, -0.2) is 0 Å². The fourth-order valence-electron chi connectivity index (χ4n) is 5.05. The Morgan fingerprint density at radius 1 is 0.594 bits per heavy atom. The molecule has 4 aromatic carbocycles. The van der Waals surface area contributed by atoms with Crippen molar-refractivity contribution in [1.29, 1.82) is 0 Å². The van der Waals surface area contributed by atoms with E-state index in [2.05, 4.69) is 48.9 Å². The highest BCUT2D eigenvalue weighted by molar-refractivity contribution is 6.28. The summed E-state index contributed by atoms with van der Waals surface area (Å²) in [6, 6.07) is 27.9. The third-order valence-electron chi connectivity index (χ3n) is 6.67. The van der Waals surface area contributed by atoms with Crippen LogP contribution in [0.3, 0.4) is 0 Å². The molecule has 2 aliphatic carbocycles. The number of benzene rings is 4. The average molecular weight is 413 g/mol. The lowest BCUT2D eigenvalue weighted by Gasteiger charge is -2.20. The molecule has 0 aliphatic heterocycles. The molecule has 0 spiro atoms. The molecular weight excluding hydrogens is 392 g/mol. The second kappa shape index (κ2) is 7.42. The Labute approximate surface area is 187 Å². The molecule has 0 atom stereocenters. The summed E-state index contributed by atoms with van der Waals surface area (Å²) in [6.45, 7) is 0. The summed E-state index contributed by atoms with van der Waals surface area (Å²) < 4.78 is 0. The monoisotopic (exact) mass is 413 g/mol. The molecule has 0 aromatic heterocycles. The van der Waals surface area contributed by atoms with Gasteiger partial charge < -0.3 is 0 Å². The van der Waals surface area contributed by atoms with Gasteiger partial charge in [0.25, 0.3) is 0 Å². The number of carbonyl (C=O) groups is 2. The van der Waals surface area contributed by atoms with Crippen molar-refractivity contribution in [2.75, 3.05) is 0 Å². The Balaban J connectivity index is 1.36. The zero-order valence-electron chi connectivity index (χ0n) is 17.6. The molecule has 2 nitrogen and oxygen atoms in total. The summed E-state index contributed by atoms with van der Waals surface area (Å²) in [5.41, 5.74) is 9.42. The number of aryl methyl sites for hydroxylation is 2. The average Bonchev–Trinajstić information content (AvgIpc) is 3.01. The van der Waals surface area contributed by atoms with Gasteiger partial charge in [0.15, 0.2) is 11.6 Å². The molecule has 1 radical (unpaired) electrons. The molecular formula is C30H21O2. The maximum Gasteiger partial charge on any atom is 0.194 e. The van der Waals surface area contributed by atoms with Crippen LogP contribution >= 0.6 is 0 Å². The number of hydrogen-bond donors (Lipinski definition) is 0. The van der Waals surface area contributed by atoms with Crippen molar-refractivity contribution in [2.24, 2.45) is 0 Å². The van der Waals surface area contributed by atoms with Crippen LogP contribution < -0.4 is 0 Å². The van der Waals surface area contributed by atoms with Gasteiger partial charge in [0.2, 0.25) is 0 Å². The Bertz CT molecular complexity index is 1410. The Hall–Kier alpha value is -3.78. The van der Waals surface area contributed by atoms with E-state index in [1.54, 1.807) is 18.2 Å². The van der Waals surface area contributed by atoms with Crippen molar-refractivity contribution >= 4 is 11.6 Å². The molecule has 2 heteroatoms. The molecule has 0 unspecified atom stereocenters. The first-order valence-electron chi connectivity index (χ1n) is 11.0. The van der Waals surface area contributed by atoms with Crippen LogP contribution in [0.5, 0.6) is 0 Å². The summed E-state index contributed by atoms with van der Waals surface area (Å²) >= 11 is 0. The quantitative estimate of drug-likeness (QED) is 0.369. The zero-order valence-corrected chi connectivity index (χ0v) is 17.6. The van der Waals surface area contributed by atoms with Crippen LogP contribution in [0.15, 0.2) is 84.9 Å². The predicted octanol–water partition coefficient (Wildman–Crippen LogP) is 5.75. The van der Waals surface area contributed by atoms with Gasteiger partial charge >= 0.3 is 0 Å². The number of hydrogen-bond acceptors (Lipinski definition) is 2. The van der Waals surface area contributed by atoms with Crippen molar-refractivity contribution in [3.8, 4) is 0 Å². The first kappa shape index (κ1) is 18.9. The molecule has 2 aliphatic rings. The van der Waals surface area contributed by atoms with Crippen LogP contribution in [-0.4, -0.2) is 11.6 Å². The summed E-state index contributed by atoms with van der Waals surface area (Å²) in [4.78, 5) is 26.4. The van der Waals surface area contributed by atoms with Gasteiger partial charge in [0.05, 0.1) is 0 Å². The van der Waals surface area contributed by atoms with Gasteiger partial charge in [-0.15, -0.1) is 0 Å². The summed E-state index contributed by atoms with van der Waals surface area (Å²) in [5.74, 6) is -0.115. The molecule has 0 fully saturated rings. The minimum Gasteiger partial charge on any atom is -0.289 e. The highest BCUT2D eigenvalue weighted by atomic mass is 16.1. The second-order valence-electron chi connectivity index (χ2n) is 8.60. The van der Waals surface area contributed by atoms with Gasteiger partial charge in [-0.1, -0.05) is 84.9 Å². The standard InChI is InChI=1S/C30H21O2/c31-29-25-9-3-4-10-26(25)30(32)28-24(8-5-11-27(28)29)17-19-12-13-23-18-21-7-2-1-6-20(21)14-15-22(23)16-19/h1-13,16,18H,14-15,17H2. The van der Waals surface area contributed by atoms with E-state index in [4.69, 9.17) is 0 Å². The maximum atomic E-state index is 13.3. The van der Waals surface area contributed by atoms with E-state index in [1.165, 1.54) is 22.3 Å². The van der Waals surface area contributed by atoms with Gasteiger partial charge in [0, 0.05) is 28.7 Å². The van der Waals surface area contributed by atoms with Crippen LogP contribution in [0, 0.1) is 6.42 Å². The number of carbonyl (C=O) groups excluding carboxylic acids is 2. The topological polar surface area (TPSA) is 34.1 Å². The van der Waals surface area contributed by atoms with Crippen molar-refractivity contribution in [3.63, 3.8) is 0 Å². The van der Waals surface area contributed by atoms with E-state index in [0.717, 1.165) is 24.0 Å². The Morgan fingerprint density at radius 3 is 2.16 bits per heavy atom. The van der Waals surface area contributed by atoms with E-state index in [0.29, 0.717) is 28.7 Å². The first-order chi connectivity index (χ1) is 15.7. The minimum atomic E-state index is -0.0636. The van der Waals surface area contributed by atoms with Crippen LogP contribution in [0.2, 0.25) is 0 Å². The lowest BCUT2D eigenvalue weighted by Crippen LogP contribution is -2.22. The van der Waals surface area contributed by atoms with E-state index >= 15 is 0 Å². The van der Waals surface area contributed by atoms with Crippen LogP contribution in [0.4, 0.5) is 0 Å². The third-order valence-corrected chi connectivity index (χ3v) is 6.67. The second-order valence-corrected chi connectivity index (χ2v) is 8.60. The maximum absolute atomic E-state index is 13.3.